The average molecular weight is 328 g/mol. The fourth-order valence-corrected chi connectivity index (χ4v) is 2.27. The average Bonchev–Trinajstić information content (AvgIpc) is 2.38. The Kier molecular flexibility index (Phi) is 4.50. The molecule has 0 radical (unpaired) electrons. The minimum atomic E-state index is 0.504. The smallest absolute Gasteiger partial charge is 0.134 e. The fourth-order valence-electron chi connectivity index (χ4n) is 1.48. The molecule has 0 aliphatic heterocycles. The minimum absolute atomic E-state index is 0.504. The number of benzene rings is 2. The largest absolute Gasteiger partial charge is 0.497 e. The van der Waals surface area contributed by atoms with Crippen molar-refractivity contribution in [1.29, 1.82) is 0 Å². The molecule has 2 aromatic rings. The van der Waals surface area contributed by atoms with E-state index in [2.05, 4.69) is 15.9 Å². The molecule has 0 amide bonds. The van der Waals surface area contributed by atoms with Crippen molar-refractivity contribution >= 4 is 27.5 Å². The molecule has 0 saturated heterocycles. The number of methoxy groups -OCH3 is 1. The molecule has 0 fully saturated rings. The van der Waals surface area contributed by atoms with Gasteiger partial charge in [0.05, 0.1) is 11.6 Å². The van der Waals surface area contributed by atoms with Gasteiger partial charge in [0.1, 0.15) is 18.1 Å². The number of halogens is 2. The van der Waals surface area contributed by atoms with Gasteiger partial charge < -0.3 is 9.47 Å². The highest BCUT2D eigenvalue weighted by Gasteiger charge is 2.02. The molecule has 18 heavy (non-hydrogen) atoms. The lowest BCUT2D eigenvalue weighted by Gasteiger charge is -2.09. The van der Waals surface area contributed by atoms with Crippen molar-refractivity contribution in [2.45, 2.75) is 6.61 Å². The molecule has 0 aromatic heterocycles. The van der Waals surface area contributed by atoms with Crippen LogP contribution in [0.5, 0.6) is 11.5 Å². The van der Waals surface area contributed by atoms with Crippen LogP contribution in [0, 0.1) is 0 Å². The van der Waals surface area contributed by atoms with E-state index in [9.17, 15) is 0 Å². The van der Waals surface area contributed by atoms with Gasteiger partial charge in [-0.1, -0.05) is 23.7 Å². The van der Waals surface area contributed by atoms with Gasteiger partial charge in [-0.05, 0) is 51.8 Å². The molecule has 0 saturated carbocycles. The van der Waals surface area contributed by atoms with Crippen LogP contribution < -0.4 is 9.47 Å². The summed E-state index contributed by atoms with van der Waals surface area (Å²) in [6.07, 6.45) is 0. The summed E-state index contributed by atoms with van der Waals surface area (Å²) in [6.45, 7) is 0.504. The third kappa shape index (κ3) is 3.40. The molecule has 4 heteroatoms. The van der Waals surface area contributed by atoms with Crippen LogP contribution in [0.3, 0.4) is 0 Å². The summed E-state index contributed by atoms with van der Waals surface area (Å²) in [5.74, 6) is 1.61. The topological polar surface area (TPSA) is 18.5 Å². The Morgan fingerprint density at radius 1 is 1.11 bits per heavy atom. The highest BCUT2D eigenvalue weighted by atomic mass is 79.9. The first-order chi connectivity index (χ1) is 8.69. The zero-order valence-corrected chi connectivity index (χ0v) is 12.2. The summed E-state index contributed by atoms with van der Waals surface area (Å²) in [5, 5.41) is 0.679. The molecule has 0 aliphatic carbocycles. The zero-order chi connectivity index (χ0) is 13.0. The first kappa shape index (κ1) is 13.2. The molecule has 94 valence electrons. The van der Waals surface area contributed by atoms with E-state index in [4.69, 9.17) is 21.1 Å². The van der Waals surface area contributed by atoms with Crippen LogP contribution >= 0.6 is 27.5 Å². The third-order valence-electron chi connectivity index (χ3n) is 2.45. The van der Waals surface area contributed by atoms with Gasteiger partial charge in [0, 0.05) is 5.02 Å². The number of hydrogen-bond donors (Lipinski definition) is 0. The molecule has 2 aromatic carbocycles. The molecule has 0 heterocycles. The van der Waals surface area contributed by atoms with Gasteiger partial charge in [0.2, 0.25) is 0 Å². The zero-order valence-electron chi connectivity index (χ0n) is 9.82. The van der Waals surface area contributed by atoms with E-state index in [0.717, 1.165) is 21.5 Å². The van der Waals surface area contributed by atoms with Gasteiger partial charge in [-0.25, -0.2) is 0 Å². The van der Waals surface area contributed by atoms with Crippen LogP contribution in [-0.2, 0) is 6.61 Å². The van der Waals surface area contributed by atoms with Gasteiger partial charge >= 0.3 is 0 Å². The van der Waals surface area contributed by atoms with Crippen molar-refractivity contribution in [2.24, 2.45) is 0 Å². The number of hydrogen-bond acceptors (Lipinski definition) is 2. The summed E-state index contributed by atoms with van der Waals surface area (Å²) in [5.41, 5.74) is 1.08. The third-order valence-corrected chi connectivity index (χ3v) is 3.30. The number of rotatable bonds is 4. The van der Waals surface area contributed by atoms with Crippen LogP contribution in [0.15, 0.2) is 46.9 Å². The second kappa shape index (κ2) is 6.12. The van der Waals surface area contributed by atoms with Crippen molar-refractivity contribution in [1.82, 2.24) is 0 Å². The highest BCUT2D eigenvalue weighted by Crippen LogP contribution is 2.28. The van der Waals surface area contributed by atoms with E-state index >= 15 is 0 Å². The normalized spacial score (nSPS) is 10.2. The van der Waals surface area contributed by atoms with Crippen molar-refractivity contribution in [2.75, 3.05) is 7.11 Å². The van der Waals surface area contributed by atoms with Crippen molar-refractivity contribution in [3.05, 3.63) is 57.5 Å². The molecular formula is C14H12BrClO2. The molecule has 0 N–H and O–H groups in total. The van der Waals surface area contributed by atoms with E-state index in [-0.39, 0.29) is 0 Å². The molecule has 2 nitrogen and oxygen atoms in total. The Hall–Kier alpha value is -1.19. The first-order valence-electron chi connectivity index (χ1n) is 5.40. The molecule has 0 atom stereocenters. The maximum atomic E-state index is 5.87. The summed E-state index contributed by atoms with van der Waals surface area (Å²) >= 11 is 9.28. The summed E-state index contributed by atoms with van der Waals surface area (Å²) in [7, 11) is 1.65. The fraction of sp³-hybridized carbons (Fsp3) is 0.143. The summed E-state index contributed by atoms with van der Waals surface area (Å²) in [4.78, 5) is 0. The van der Waals surface area contributed by atoms with Crippen molar-refractivity contribution in [3.63, 3.8) is 0 Å². The highest BCUT2D eigenvalue weighted by molar-refractivity contribution is 9.10. The lowest BCUT2D eigenvalue weighted by Crippen LogP contribution is -1.96. The molecule has 0 spiro atoms. The van der Waals surface area contributed by atoms with Gasteiger partial charge in [0.15, 0.2) is 0 Å². The lowest BCUT2D eigenvalue weighted by atomic mass is 10.2. The second-order valence-electron chi connectivity index (χ2n) is 3.71. The predicted molar refractivity (Wildman–Crippen MR) is 76.5 cm³/mol. The minimum Gasteiger partial charge on any atom is -0.497 e. The standard InChI is InChI=1S/C14H12BrClO2/c1-17-12-5-2-10(3-6-12)9-18-14-7-4-11(16)8-13(14)15/h2-8H,9H2,1H3. The van der Waals surface area contributed by atoms with Crippen LogP contribution in [0.4, 0.5) is 0 Å². The second-order valence-corrected chi connectivity index (χ2v) is 5.00. The van der Waals surface area contributed by atoms with Crippen LogP contribution in [0.1, 0.15) is 5.56 Å². The Bertz CT molecular complexity index is 526. The van der Waals surface area contributed by atoms with Crippen LogP contribution in [-0.4, -0.2) is 7.11 Å². The van der Waals surface area contributed by atoms with Crippen LogP contribution in [0.25, 0.3) is 0 Å². The molecule has 0 bridgehead atoms. The van der Waals surface area contributed by atoms with Crippen molar-refractivity contribution < 1.29 is 9.47 Å². The maximum Gasteiger partial charge on any atom is 0.134 e. The van der Waals surface area contributed by atoms with E-state index in [0.29, 0.717) is 11.6 Å². The lowest BCUT2D eigenvalue weighted by molar-refractivity contribution is 0.304. The Labute approximate surface area is 120 Å². The summed E-state index contributed by atoms with van der Waals surface area (Å²) < 4.78 is 11.7. The Balaban J connectivity index is 2.02. The Morgan fingerprint density at radius 2 is 1.83 bits per heavy atom. The maximum absolute atomic E-state index is 5.87. The van der Waals surface area contributed by atoms with Gasteiger partial charge in [0.25, 0.3) is 0 Å². The monoisotopic (exact) mass is 326 g/mol. The van der Waals surface area contributed by atoms with E-state index in [1.807, 2.05) is 36.4 Å². The van der Waals surface area contributed by atoms with E-state index in [1.54, 1.807) is 13.2 Å². The van der Waals surface area contributed by atoms with Gasteiger partial charge in [-0.15, -0.1) is 0 Å². The Morgan fingerprint density at radius 3 is 2.44 bits per heavy atom. The van der Waals surface area contributed by atoms with Crippen molar-refractivity contribution in [3.8, 4) is 11.5 Å². The summed E-state index contributed by atoms with van der Waals surface area (Å²) in [6, 6.07) is 13.2. The molecule has 0 unspecified atom stereocenters. The van der Waals surface area contributed by atoms with Gasteiger partial charge in [-0.3, -0.25) is 0 Å². The van der Waals surface area contributed by atoms with Gasteiger partial charge in [-0.2, -0.15) is 0 Å². The molecular weight excluding hydrogens is 316 g/mol. The SMILES string of the molecule is COc1ccc(COc2ccc(Cl)cc2Br)cc1. The molecule has 2 rings (SSSR count). The van der Waals surface area contributed by atoms with E-state index < -0.39 is 0 Å². The van der Waals surface area contributed by atoms with E-state index in [1.165, 1.54) is 0 Å². The first-order valence-corrected chi connectivity index (χ1v) is 6.57. The quantitative estimate of drug-likeness (QED) is 0.811. The number of ether oxygens (including phenoxy) is 2. The predicted octanol–water partition coefficient (Wildman–Crippen LogP) is 4.69. The van der Waals surface area contributed by atoms with Crippen LogP contribution in [0.2, 0.25) is 5.02 Å². The molecule has 0 aliphatic rings.